The number of nitro groups is 1. The Morgan fingerprint density at radius 2 is 2.00 bits per heavy atom. The molecule has 0 N–H and O–H groups in total. The van der Waals surface area contributed by atoms with Crippen molar-refractivity contribution in [3.8, 4) is 5.75 Å². The van der Waals surface area contributed by atoms with E-state index >= 15 is 0 Å². The van der Waals surface area contributed by atoms with Gasteiger partial charge in [-0.25, -0.2) is 0 Å². The zero-order chi connectivity index (χ0) is 16.2. The van der Waals surface area contributed by atoms with Gasteiger partial charge in [-0.2, -0.15) is 0 Å². The minimum absolute atomic E-state index is 0.464. The highest BCUT2D eigenvalue weighted by Crippen LogP contribution is 2.27. The molecule has 3 aromatic rings. The van der Waals surface area contributed by atoms with Crippen LogP contribution in [0.1, 0.15) is 11.1 Å². The molecule has 0 aliphatic carbocycles. The molecule has 0 radical (unpaired) electrons. The molecule has 0 amide bonds. The van der Waals surface area contributed by atoms with Crippen molar-refractivity contribution in [1.29, 1.82) is 0 Å². The lowest BCUT2D eigenvalue weighted by molar-refractivity contribution is -0.400. The van der Waals surface area contributed by atoms with E-state index in [0.29, 0.717) is 6.61 Å². The quantitative estimate of drug-likeness (QED) is 0.528. The molecule has 0 bridgehead atoms. The van der Waals surface area contributed by atoms with E-state index in [1.54, 1.807) is 0 Å². The second-order valence-corrected chi connectivity index (χ2v) is 5.25. The van der Waals surface area contributed by atoms with E-state index in [0.717, 1.165) is 34.0 Å². The summed E-state index contributed by atoms with van der Waals surface area (Å²) in [6.07, 6.45) is 4.32. The number of fused-ring (bicyclic) bond motifs is 1. The van der Waals surface area contributed by atoms with Crippen LogP contribution in [0.15, 0.2) is 60.9 Å². The van der Waals surface area contributed by atoms with E-state index < -0.39 is 4.92 Å². The van der Waals surface area contributed by atoms with Gasteiger partial charge >= 0.3 is 0 Å². The fourth-order valence-electron chi connectivity index (χ4n) is 2.51. The molecule has 1 heterocycles. The Balaban J connectivity index is 1.88. The molecule has 23 heavy (non-hydrogen) atoms. The van der Waals surface area contributed by atoms with E-state index in [9.17, 15) is 10.1 Å². The summed E-state index contributed by atoms with van der Waals surface area (Å²) in [4.78, 5) is 10.1. The number of rotatable bonds is 5. The molecule has 0 aliphatic heterocycles. The Morgan fingerprint density at radius 3 is 2.74 bits per heavy atom. The highest BCUT2D eigenvalue weighted by Gasteiger charge is 2.07. The topological polar surface area (TPSA) is 57.3 Å². The number of ether oxygens (including phenoxy) is 1. The number of aryl methyl sites for hydroxylation is 1. The number of nitrogens with zero attached hydrogens (tertiary/aromatic N) is 2. The predicted molar refractivity (Wildman–Crippen MR) is 89.7 cm³/mol. The van der Waals surface area contributed by atoms with E-state index in [2.05, 4.69) is 0 Å². The molecule has 2 aromatic carbocycles. The summed E-state index contributed by atoms with van der Waals surface area (Å²) in [6, 6.07) is 15.7. The van der Waals surface area contributed by atoms with Gasteiger partial charge in [0, 0.05) is 35.8 Å². The Kier molecular flexibility index (Phi) is 4.10. The fourth-order valence-corrected chi connectivity index (χ4v) is 2.51. The lowest BCUT2D eigenvalue weighted by Gasteiger charge is -2.07. The van der Waals surface area contributed by atoms with Crippen molar-refractivity contribution in [3.05, 3.63) is 82.2 Å². The summed E-state index contributed by atoms with van der Waals surface area (Å²) in [6.45, 7) is 0.485. The highest BCUT2D eigenvalue weighted by atomic mass is 16.6. The van der Waals surface area contributed by atoms with Gasteiger partial charge in [0.25, 0.3) is 0 Å². The van der Waals surface area contributed by atoms with Gasteiger partial charge in [0.2, 0.25) is 6.20 Å². The summed E-state index contributed by atoms with van der Waals surface area (Å²) in [5.41, 5.74) is 2.89. The maximum absolute atomic E-state index is 10.5. The second-order valence-electron chi connectivity index (χ2n) is 5.25. The zero-order valence-corrected chi connectivity index (χ0v) is 12.7. The number of hydrogen-bond donors (Lipinski definition) is 0. The number of hydrogen-bond acceptors (Lipinski definition) is 3. The standard InChI is InChI=1S/C18H16N2O3/c1-19-12-15(9-10-20(21)22)17-11-16(7-8-18(17)19)23-13-14-5-3-2-4-6-14/h2-12H,13H2,1H3/b10-9+. The largest absolute Gasteiger partial charge is 0.489 e. The van der Waals surface area contributed by atoms with Gasteiger partial charge in [0.15, 0.2) is 0 Å². The summed E-state index contributed by atoms with van der Waals surface area (Å²) < 4.78 is 7.76. The van der Waals surface area contributed by atoms with Gasteiger partial charge in [0.05, 0.1) is 4.92 Å². The average Bonchev–Trinajstić information content (AvgIpc) is 2.88. The van der Waals surface area contributed by atoms with Crippen LogP contribution in [0.2, 0.25) is 0 Å². The monoisotopic (exact) mass is 308 g/mol. The third kappa shape index (κ3) is 3.40. The Bertz CT molecular complexity index is 867. The van der Waals surface area contributed by atoms with Crippen LogP contribution in [-0.2, 0) is 13.7 Å². The first-order chi connectivity index (χ1) is 11.1. The molecular formula is C18H16N2O3. The van der Waals surface area contributed by atoms with Crippen molar-refractivity contribution in [2.24, 2.45) is 7.05 Å². The number of aromatic nitrogens is 1. The minimum Gasteiger partial charge on any atom is -0.489 e. The molecule has 116 valence electrons. The van der Waals surface area contributed by atoms with Gasteiger partial charge in [-0.3, -0.25) is 10.1 Å². The third-order valence-corrected chi connectivity index (χ3v) is 3.62. The molecule has 0 unspecified atom stereocenters. The van der Waals surface area contributed by atoms with Gasteiger partial charge in [-0.05, 0) is 23.8 Å². The lowest BCUT2D eigenvalue weighted by atomic mass is 10.1. The Hall–Kier alpha value is -3.08. The highest BCUT2D eigenvalue weighted by molar-refractivity contribution is 5.90. The van der Waals surface area contributed by atoms with Crippen LogP contribution in [-0.4, -0.2) is 9.49 Å². The molecule has 0 saturated heterocycles. The van der Waals surface area contributed by atoms with Crippen LogP contribution in [0.25, 0.3) is 17.0 Å². The van der Waals surface area contributed by atoms with Crippen molar-refractivity contribution in [1.82, 2.24) is 4.57 Å². The van der Waals surface area contributed by atoms with Crippen LogP contribution in [0, 0.1) is 10.1 Å². The van der Waals surface area contributed by atoms with Crippen molar-refractivity contribution in [2.45, 2.75) is 6.61 Å². The molecule has 0 atom stereocenters. The first kappa shape index (κ1) is 14.8. The van der Waals surface area contributed by atoms with Crippen molar-refractivity contribution in [2.75, 3.05) is 0 Å². The van der Waals surface area contributed by atoms with Crippen LogP contribution >= 0.6 is 0 Å². The maximum Gasteiger partial charge on any atom is 0.235 e. The molecular weight excluding hydrogens is 292 g/mol. The fraction of sp³-hybridized carbons (Fsp3) is 0.111. The van der Waals surface area contributed by atoms with E-state index in [1.807, 2.05) is 66.3 Å². The third-order valence-electron chi connectivity index (χ3n) is 3.62. The summed E-state index contributed by atoms with van der Waals surface area (Å²) in [7, 11) is 1.91. The molecule has 0 saturated carbocycles. The molecule has 0 fully saturated rings. The van der Waals surface area contributed by atoms with Crippen LogP contribution < -0.4 is 4.74 Å². The van der Waals surface area contributed by atoms with E-state index in [4.69, 9.17) is 4.74 Å². The lowest BCUT2D eigenvalue weighted by Crippen LogP contribution is -1.95. The molecule has 3 rings (SSSR count). The summed E-state index contributed by atoms with van der Waals surface area (Å²) >= 11 is 0. The van der Waals surface area contributed by atoms with Gasteiger partial charge in [-0.15, -0.1) is 0 Å². The first-order valence-corrected chi connectivity index (χ1v) is 7.21. The SMILES string of the molecule is Cn1cc(/C=C/[N+](=O)[O-])c2cc(OCc3ccccc3)ccc21. The van der Waals surface area contributed by atoms with Gasteiger partial charge < -0.3 is 9.30 Å². The van der Waals surface area contributed by atoms with Gasteiger partial charge in [-0.1, -0.05) is 30.3 Å². The molecule has 5 nitrogen and oxygen atoms in total. The van der Waals surface area contributed by atoms with Crippen molar-refractivity contribution < 1.29 is 9.66 Å². The molecule has 1 aromatic heterocycles. The minimum atomic E-state index is -0.464. The summed E-state index contributed by atoms with van der Waals surface area (Å²) in [5.74, 6) is 0.739. The molecule has 0 aliphatic rings. The zero-order valence-electron chi connectivity index (χ0n) is 12.7. The van der Waals surface area contributed by atoms with Crippen LogP contribution in [0.4, 0.5) is 0 Å². The first-order valence-electron chi connectivity index (χ1n) is 7.21. The Morgan fingerprint density at radius 1 is 1.22 bits per heavy atom. The van der Waals surface area contributed by atoms with Crippen LogP contribution in [0.5, 0.6) is 5.75 Å². The predicted octanol–water partition coefficient (Wildman–Crippen LogP) is 4.00. The maximum atomic E-state index is 10.5. The van der Waals surface area contributed by atoms with Gasteiger partial charge in [0.1, 0.15) is 12.4 Å². The summed E-state index contributed by atoms with van der Waals surface area (Å²) in [5, 5.41) is 11.5. The Labute approximate surface area is 133 Å². The average molecular weight is 308 g/mol. The van der Waals surface area contributed by atoms with Crippen molar-refractivity contribution in [3.63, 3.8) is 0 Å². The smallest absolute Gasteiger partial charge is 0.235 e. The molecule has 5 heteroatoms. The van der Waals surface area contributed by atoms with E-state index in [-0.39, 0.29) is 0 Å². The van der Waals surface area contributed by atoms with E-state index in [1.165, 1.54) is 6.08 Å². The number of benzene rings is 2. The van der Waals surface area contributed by atoms with Crippen molar-refractivity contribution >= 4 is 17.0 Å². The molecule has 0 spiro atoms. The van der Waals surface area contributed by atoms with Crippen LogP contribution in [0.3, 0.4) is 0 Å². The normalized spacial score (nSPS) is 11.2. The second kappa shape index (κ2) is 6.36.